The van der Waals surface area contributed by atoms with Crippen LogP contribution in [-0.4, -0.2) is 12.5 Å². The van der Waals surface area contributed by atoms with Gasteiger partial charge in [0, 0.05) is 5.92 Å². The summed E-state index contributed by atoms with van der Waals surface area (Å²) in [4.78, 5) is 11.8. The molecule has 0 unspecified atom stereocenters. The molecule has 1 aliphatic carbocycles. The highest BCUT2D eigenvalue weighted by Gasteiger charge is 2.43. The van der Waals surface area contributed by atoms with Crippen LogP contribution >= 0.6 is 0 Å². The second-order valence-corrected chi connectivity index (χ2v) is 5.67. The minimum atomic E-state index is -0.0269. The van der Waals surface area contributed by atoms with Crippen molar-refractivity contribution < 1.29 is 9.53 Å². The maximum absolute atomic E-state index is 11.8. The molecule has 2 aromatic rings. The van der Waals surface area contributed by atoms with E-state index in [-0.39, 0.29) is 24.3 Å². The number of ether oxygens (including phenoxy) is 1. The molecular formula is C19H18N2O2. The Labute approximate surface area is 135 Å². The topological polar surface area (TPSA) is 62.1 Å². The average molecular weight is 306 g/mol. The van der Waals surface area contributed by atoms with Crippen LogP contribution in [0.5, 0.6) is 5.75 Å². The number of rotatable bonds is 6. The molecule has 23 heavy (non-hydrogen) atoms. The zero-order chi connectivity index (χ0) is 16.1. The molecule has 1 fully saturated rings. The predicted molar refractivity (Wildman–Crippen MR) is 86.7 cm³/mol. The van der Waals surface area contributed by atoms with Gasteiger partial charge in [-0.1, -0.05) is 42.5 Å². The number of carbonyl (C=O) groups is 1. The van der Waals surface area contributed by atoms with E-state index in [1.165, 1.54) is 0 Å². The molecule has 0 radical (unpaired) electrons. The monoisotopic (exact) mass is 306 g/mol. The van der Waals surface area contributed by atoms with Crippen molar-refractivity contribution in [2.45, 2.75) is 18.9 Å². The van der Waals surface area contributed by atoms with Crippen LogP contribution in [0.4, 0.5) is 0 Å². The molecule has 116 valence electrons. The summed E-state index contributed by atoms with van der Waals surface area (Å²) in [5, 5.41) is 11.1. The molecule has 0 bridgehead atoms. The summed E-state index contributed by atoms with van der Waals surface area (Å²) in [6.45, 7) is 0.622. The number of nitriles is 1. The van der Waals surface area contributed by atoms with E-state index in [0.29, 0.717) is 6.61 Å². The van der Waals surface area contributed by atoms with Crippen LogP contribution in [0.3, 0.4) is 0 Å². The minimum Gasteiger partial charge on any atom is -0.489 e. The number of benzene rings is 2. The van der Waals surface area contributed by atoms with Crippen molar-refractivity contribution in [1.82, 2.24) is 5.32 Å². The van der Waals surface area contributed by atoms with Crippen molar-refractivity contribution in [3.63, 3.8) is 0 Å². The van der Waals surface area contributed by atoms with Crippen LogP contribution in [-0.2, 0) is 11.4 Å². The van der Waals surface area contributed by atoms with Gasteiger partial charge >= 0.3 is 0 Å². The Morgan fingerprint density at radius 3 is 2.61 bits per heavy atom. The standard InChI is InChI=1S/C19H18N2O2/c20-10-11-21-19(22)18-12-17(18)15-6-8-16(9-7-15)23-13-14-4-2-1-3-5-14/h1-9,17-18H,11-13H2,(H,21,22)/t17-,18+/m1/s1. The maximum atomic E-state index is 11.8. The van der Waals surface area contributed by atoms with Crippen LogP contribution in [0.1, 0.15) is 23.5 Å². The van der Waals surface area contributed by atoms with Crippen LogP contribution in [0.2, 0.25) is 0 Å². The molecule has 1 saturated carbocycles. The fourth-order valence-corrected chi connectivity index (χ4v) is 2.66. The smallest absolute Gasteiger partial charge is 0.224 e. The van der Waals surface area contributed by atoms with Gasteiger partial charge in [0.25, 0.3) is 0 Å². The fourth-order valence-electron chi connectivity index (χ4n) is 2.66. The third-order valence-corrected chi connectivity index (χ3v) is 4.03. The average Bonchev–Trinajstić information content (AvgIpc) is 3.40. The van der Waals surface area contributed by atoms with E-state index < -0.39 is 0 Å². The van der Waals surface area contributed by atoms with Crippen LogP contribution in [0.15, 0.2) is 54.6 Å². The number of nitrogens with zero attached hydrogens (tertiary/aromatic N) is 1. The summed E-state index contributed by atoms with van der Waals surface area (Å²) in [5.74, 6) is 1.06. The van der Waals surface area contributed by atoms with Crippen molar-refractivity contribution in [3.8, 4) is 11.8 Å². The van der Waals surface area contributed by atoms with Gasteiger partial charge in [0.15, 0.2) is 0 Å². The lowest BCUT2D eigenvalue weighted by molar-refractivity contribution is -0.122. The van der Waals surface area contributed by atoms with Gasteiger partial charge in [-0.2, -0.15) is 5.26 Å². The summed E-state index contributed by atoms with van der Waals surface area (Å²) in [5.41, 5.74) is 2.28. The van der Waals surface area contributed by atoms with Gasteiger partial charge in [-0.15, -0.1) is 0 Å². The summed E-state index contributed by atoms with van der Waals surface area (Å²) < 4.78 is 5.76. The second-order valence-electron chi connectivity index (χ2n) is 5.67. The van der Waals surface area contributed by atoms with E-state index >= 15 is 0 Å². The summed E-state index contributed by atoms with van der Waals surface area (Å²) in [6.07, 6.45) is 0.849. The van der Waals surface area contributed by atoms with Gasteiger partial charge in [-0.05, 0) is 35.6 Å². The van der Waals surface area contributed by atoms with Gasteiger partial charge < -0.3 is 10.1 Å². The molecule has 0 aromatic heterocycles. The molecule has 4 heteroatoms. The van der Waals surface area contributed by atoms with E-state index in [1.807, 2.05) is 60.7 Å². The SMILES string of the molecule is N#CCNC(=O)[C@H]1C[C@@H]1c1ccc(OCc2ccccc2)cc1. The Bertz CT molecular complexity index is 704. The summed E-state index contributed by atoms with van der Waals surface area (Å²) >= 11 is 0. The first-order valence-corrected chi connectivity index (χ1v) is 7.69. The van der Waals surface area contributed by atoms with E-state index in [2.05, 4.69) is 5.32 Å². The molecule has 2 atom stereocenters. The van der Waals surface area contributed by atoms with E-state index in [4.69, 9.17) is 10.00 Å². The molecule has 4 nitrogen and oxygen atoms in total. The third kappa shape index (κ3) is 3.89. The lowest BCUT2D eigenvalue weighted by Crippen LogP contribution is -2.25. The van der Waals surface area contributed by atoms with Crippen LogP contribution in [0.25, 0.3) is 0 Å². The van der Waals surface area contributed by atoms with E-state index in [0.717, 1.165) is 23.3 Å². The van der Waals surface area contributed by atoms with Gasteiger partial charge in [0.2, 0.25) is 5.91 Å². The quantitative estimate of drug-likeness (QED) is 0.834. The van der Waals surface area contributed by atoms with E-state index in [9.17, 15) is 4.79 Å². The molecule has 0 aliphatic heterocycles. The Balaban J connectivity index is 1.52. The first kappa shape index (κ1) is 15.1. The normalized spacial score (nSPS) is 18.7. The van der Waals surface area contributed by atoms with Gasteiger partial charge in [-0.3, -0.25) is 4.79 Å². The molecular weight excluding hydrogens is 288 g/mol. The van der Waals surface area contributed by atoms with Crippen molar-refractivity contribution in [2.24, 2.45) is 5.92 Å². The zero-order valence-corrected chi connectivity index (χ0v) is 12.7. The first-order valence-electron chi connectivity index (χ1n) is 7.69. The number of nitrogens with one attached hydrogen (secondary N) is 1. The molecule has 3 rings (SSSR count). The van der Waals surface area contributed by atoms with Crippen LogP contribution in [0, 0.1) is 17.2 Å². The van der Waals surface area contributed by atoms with Gasteiger partial charge in [-0.25, -0.2) is 0 Å². The van der Waals surface area contributed by atoms with Crippen molar-refractivity contribution in [2.75, 3.05) is 6.54 Å². The molecule has 0 heterocycles. The second kappa shape index (κ2) is 6.97. The molecule has 1 amide bonds. The third-order valence-electron chi connectivity index (χ3n) is 4.03. The Morgan fingerprint density at radius 1 is 1.17 bits per heavy atom. The molecule has 0 spiro atoms. The minimum absolute atomic E-state index is 0.000521. The van der Waals surface area contributed by atoms with Gasteiger partial charge in [0.1, 0.15) is 18.9 Å². The van der Waals surface area contributed by atoms with E-state index in [1.54, 1.807) is 0 Å². The maximum Gasteiger partial charge on any atom is 0.224 e. The Hall–Kier alpha value is -2.80. The lowest BCUT2D eigenvalue weighted by Gasteiger charge is -2.07. The van der Waals surface area contributed by atoms with Gasteiger partial charge in [0.05, 0.1) is 6.07 Å². The Morgan fingerprint density at radius 2 is 1.91 bits per heavy atom. The summed E-state index contributed by atoms with van der Waals surface area (Å²) in [7, 11) is 0. The van der Waals surface area contributed by atoms with Crippen molar-refractivity contribution >= 4 is 5.91 Å². The molecule has 1 N–H and O–H groups in total. The molecule has 2 aromatic carbocycles. The number of amides is 1. The number of carbonyl (C=O) groups excluding carboxylic acids is 1. The highest BCUT2D eigenvalue weighted by atomic mass is 16.5. The number of hydrogen-bond donors (Lipinski definition) is 1. The van der Waals surface area contributed by atoms with Crippen molar-refractivity contribution in [1.29, 1.82) is 5.26 Å². The first-order chi connectivity index (χ1) is 11.3. The lowest BCUT2D eigenvalue weighted by atomic mass is 10.1. The fraction of sp³-hybridized carbons (Fsp3) is 0.263. The Kier molecular flexibility index (Phi) is 4.58. The molecule has 0 saturated heterocycles. The van der Waals surface area contributed by atoms with Crippen molar-refractivity contribution in [3.05, 3.63) is 65.7 Å². The molecule has 1 aliphatic rings. The largest absolute Gasteiger partial charge is 0.489 e. The highest BCUT2D eigenvalue weighted by molar-refractivity contribution is 5.83. The zero-order valence-electron chi connectivity index (χ0n) is 12.7. The van der Waals surface area contributed by atoms with Crippen LogP contribution < -0.4 is 10.1 Å². The summed E-state index contributed by atoms with van der Waals surface area (Å²) in [6, 6.07) is 19.9. The highest BCUT2D eigenvalue weighted by Crippen LogP contribution is 2.47. The predicted octanol–water partition coefficient (Wildman–Crippen LogP) is 3.01. The number of hydrogen-bond acceptors (Lipinski definition) is 3.